The molecule has 0 atom stereocenters. The van der Waals surface area contributed by atoms with E-state index in [0.717, 1.165) is 19.0 Å². The molecule has 0 unspecified atom stereocenters. The van der Waals surface area contributed by atoms with Gasteiger partial charge in [0.2, 0.25) is 0 Å². The first-order valence-corrected chi connectivity index (χ1v) is 12.0. The summed E-state index contributed by atoms with van der Waals surface area (Å²) in [5, 5.41) is 3.70. The third kappa shape index (κ3) is 3.17. The van der Waals surface area contributed by atoms with Crippen LogP contribution >= 0.6 is 17.2 Å². The molecule has 0 fully saturated rings. The Hall–Kier alpha value is -1.88. The van der Waals surface area contributed by atoms with E-state index in [4.69, 9.17) is 11.2 Å². The van der Waals surface area contributed by atoms with Crippen molar-refractivity contribution in [2.24, 2.45) is 0 Å². The molecule has 3 aromatic carbocycles. The number of allylic oxidation sites excluding steroid dienone is 1. The Morgan fingerprint density at radius 1 is 0.680 bits per heavy atom. The summed E-state index contributed by atoms with van der Waals surface area (Å²) in [5.41, 5.74) is 0. The van der Waals surface area contributed by atoms with Gasteiger partial charge in [-0.3, -0.25) is 0 Å². The predicted molar refractivity (Wildman–Crippen MR) is 115 cm³/mol. The van der Waals surface area contributed by atoms with Gasteiger partial charge in [-0.1, -0.05) is 0 Å². The fraction of sp³-hybridized carbons (Fsp3) is 0.130. The van der Waals surface area contributed by atoms with Crippen LogP contribution in [-0.2, 0) is 0 Å². The second-order valence-corrected chi connectivity index (χ2v) is 12.9. The molecule has 128 valence electrons. The third-order valence-electron chi connectivity index (χ3n) is 4.87. The molecule has 25 heavy (non-hydrogen) atoms. The van der Waals surface area contributed by atoms with Gasteiger partial charge in [-0.2, -0.15) is 0 Å². The van der Waals surface area contributed by atoms with Gasteiger partial charge in [-0.25, -0.2) is 0 Å². The Bertz CT molecular complexity index is 713. The zero-order chi connectivity index (χ0) is 17.6. The van der Waals surface area contributed by atoms with Gasteiger partial charge in [-0.15, -0.1) is 0 Å². The SMILES string of the molecule is C=CCCCP(Cl)(c1ccccc1)(c1ccccc1)c1ccccc1. The van der Waals surface area contributed by atoms with Gasteiger partial charge < -0.3 is 0 Å². The Morgan fingerprint density at radius 3 is 1.36 bits per heavy atom. The Kier molecular flexibility index (Phi) is 5.42. The molecule has 0 aliphatic rings. The van der Waals surface area contributed by atoms with E-state index in [1.165, 1.54) is 15.9 Å². The summed E-state index contributed by atoms with van der Waals surface area (Å²) in [6.45, 7) is 3.89. The summed E-state index contributed by atoms with van der Waals surface area (Å²) >= 11 is 7.91. The molecular weight excluding hydrogens is 343 g/mol. The molecule has 0 amide bonds. The van der Waals surface area contributed by atoms with Crippen LogP contribution in [0.4, 0.5) is 0 Å². The second kappa shape index (κ2) is 7.56. The summed E-state index contributed by atoms with van der Waals surface area (Å²) in [6.07, 6.45) is 4.90. The van der Waals surface area contributed by atoms with Crippen LogP contribution in [0, 0.1) is 0 Å². The molecule has 0 spiro atoms. The van der Waals surface area contributed by atoms with Gasteiger partial charge in [-0.05, 0) is 0 Å². The van der Waals surface area contributed by atoms with Gasteiger partial charge in [0.25, 0.3) is 0 Å². The van der Waals surface area contributed by atoms with Crippen molar-refractivity contribution in [2.75, 3.05) is 6.16 Å². The molecule has 0 aromatic heterocycles. The van der Waals surface area contributed by atoms with Crippen molar-refractivity contribution in [1.82, 2.24) is 0 Å². The molecule has 0 heterocycles. The van der Waals surface area contributed by atoms with Crippen molar-refractivity contribution < 1.29 is 0 Å². The van der Waals surface area contributed by atoms with Crippen LogP contribution in [-0.4, -0.2) is 6.16 Å². The summed E-state index contributed by atoms with van der Waals surface area (Å²) < 4.78 is 0. The molecule has 0 aliphatic carbocycles. The van der Waals surface area contributed by atoms with E-state index in [2.05, 4.69) is 97.6 Å². The summed E-state index contributed by atoms with van der Waals surface area (Å²) in [7, 11) is 0. The van der Waals surface area contributed by atoms with Gasteiger partial charge in [0, 0.05) is 0 Å². The number of hydrogen-bond acceptors (Lipinski definition) is 0. The number of unbranched alkanes of at least 4 members (excludes halogenated alkanes) is 1. The van der Waals surface area contributed by atoms with Crippen LogP contribution in [0.2, 0.25) is 0 Å². The van der Waals surface area contributed by atoms with Crippen molar-refractivity contribution in [3.63, 3.8) is 0 Å². The van der Waals surface area contributed by atoms with Crippen LogP contribution in [0.25, 0.3) is 0 Å². The van der Waals surface area contributed by atoms with E-state index in [-0.39, 0.29) is 0 Å². The molecule has 2 heteroatoms. The Morgan fingerprint density at radius 2 is 1.04 bits per heavy atom. The van der Waals surface area contributed by atoms with Gasteiger partial charge in [0.1, 0.15) is 0 Å². The zero-order valence-electron chi connectivity index (χ0n) is 14.4. The molecule has 3 rings (SSSR count). The molecule has 0 radical (unpaired) electrons. The summed E-state index contributed by atoms with van der Waals surface area (Å²) in [5.74, 6) is -3.05. The van der Waals surface area contributed by atoms with Gasteiger partial charge in [0.05, 0.1) is 0 Å². The van der Waals surface area contributed by atoms with Crippen molar-refractivity contribution in [3.05, 3.63) is 104 Å². The van der Waals surface area contributed by atoms with Crippen molar-refractivity contribution in [1.29, 1.82) is 0 Å². The number of halogens is 1. The van der Waals surface area contributed by atoms with E-state index in [9.17, 15) is 0 Å². The van der Waals surface area contributed by atoms with E-state index in [1.807, 2.05) is 6.08 Å². The number of rotatable bonds is 7. The van der Waals surface area contributed by atoms with Crippen molar-refractivity contribution >= 4 is 33.1 Å². The van der Waals surface area contributed by atoms with Crippen LogP contribution in [0.3, 0.4) is 0 Å². The van der Waals surface area contributed by atoms with Crippen LogP contribution in [0.15, 0.2) is 104 Å². The second-order valence-electron chi connectivity index (χ2n) is 6.34. The number of benzene rings is 3. The average molecular weight is 367 g/mol. The van der Waals surface area contributed by atoms with Crippen LogP contribution in [0.5, 0.6) is 0 Å². The van der Waals surface area contributed by atoms with Gasteiger partial charge >= 0.3 is 156 Å². The molecule has 3 aromatic rings. The van der Waals surface area contributed by atoms with E-state index in [1.54, 1.807) is 0 Å². The van der Waals surface area contributed by atoms with Crippen molar-refractivity contribution in [2.45, 2.75) is 12.8 Å². The Labute approximate surface area is 155 Å². The maximum atomic E-state index is 7.91. The fourth-order valence-electron chi connectivity index (χ4n) is 3.58. The van der Waals surface area contributed by atoms with Crippen LogP contribution in [0.1, 0.15) is 12.8 Å². The molecular formula is C23H24ClP. The topological polar surface area (TPSA) is 0 Å². The van der Waals surface area contributed by atoms with Crippen LogP contribution < -0.4 is 15.9 Å². The first-order chi connectivity index (χ1) is 12.2. The molecule has 0 aliphatic heterocycles. The first-order valence-electron chi connectivity index (χ1n) is 8.70. The van der Waals surface area contributed by atoms with E-state index < -0.39 is 5.96 Å². The average Bonchev–Trinajstić information content (AvgIpc) is 2.70. The zero-order valence-corrected chi connectivity index (χ0v) is 16.0. The number of hydrogen-bond donors (Lipinski definition) is 0. The fourth-order valence-corrected chi connectivity index (χ4v) is 9.78. The molecule has 0 saturated carbocycles. The molecule has 0 bridgehead atoms. The Balaban J connectivity index is 2.33. The van der Waals surface area contributed by atoms with Gasteiger partial charge in [0.15, 0.2) is 0 Å². The van der Waals surface area contributed by atoms with Crippen molar-refractivity contribution in [3.8, 4) is 0 Å². The minimum atomic E-state index is -3.05. The quantitative estimate of drug-likeness (QED) is 0.288. The monoisotopic (exact) mass is 366 g/mol. The molecule has 0 N–H and O–H groups in total. The summed E-state index contributed by atoms with van der Waals surface area (Å²) in [4.78, 5) is 0. The molecule has 0 nitrogen and oxygen atoms in total. The summed E-state index contributed by atoms with van der Waals surface area (Å²) in [6, 6.07) is 31.9. The standard InChI is InChI=1S/C23H24ClP/c1-2-3-13-20-25(24,21-14-7-4-8-15-21,22-16-9-5-10-17-22)23-18-11-6-12-19-23/h2,4-12,14-19H,1,3,13,20H2. The normalized spacial score (nSPS) is 12.9. The minimum absolute atomic E-state index is 0.928. The third-order valence-corrected chi connectivity index (χ3v) is 12.4. The van der Waals surface area contributed by atoms with E-state index in [0.29, 0.717) is 0 Å². The first kappa shape index (κ1) is 17.9. The van der Waals surface area contributed by atoms with E-state index >= 15 is 0 Å². The predicted octanol–water partition coefficient (Wildman–Crippen LogP) is 5.64. The molecule has 0 saturated heterocycles. The maximum absolute atomic E-state index is 7.91.